The number of rotatable bonds is 11. The lowest BCUT2D eigenvalue weighted by Gasteiger charge is -2.31. The van der Waals surface area contributed by atoms with Gasteiger partial charge in [0.25, 0.3) is 0 Å². The van der Waals surface area contributed by atoms with Crippen LogP contribution in [0.2, 0.25) is 5.15 Å². The van der Waals surface area contributed by atoms with Crippen LogP contribution in [0, 0.1) is 18.2 Å². The van der Waals surface area contributed by atoms with Gasteiger partial charge in [0.15, 0.2) is 0 Å². The second-order valence-electron chi connectivity index (χ2n) is 20.7. The number of pyridine rings is 2. The first-order valence-electron chi connectivity index (χ1n) is 27.0. The molecule has 13 rings (SSSR count). The minimum Gasteiger partial charge on any atom is -0.463 e. The van der Waals surface area contributed by atoms with Gasteiger partial charge in [0.05, 0.1) is 58.2 Å². The molecule has 6 aromatic carbocycles. The molecule has 13 nitrogen and oxygen atoms in total. The van der Waals surface area contributed by atoms with E-state index in [9.17, 15) is 13.6 Å². The second kappa shape index (κ2) is 23.0. The Morgan fingerprint density at radius 2 is 1.11 bits per heavy atom. The molecule has 2 aliphatic rings. The second-order valence-corrected chi connectivity index (χ2v) is 21.0. The summed E-state index contributed by atoms with van der Waals surface area (Å²) in [6.45, 7) is 13.0. The SMILES string of the molecule is COC(=O)c1oc2nc(-c3ccc(CN4CCC(c5nc6ccc(F)cc6[nH]5)CC4)cc3)c(-c3ccccc3)cc2c1N.[C-]#[N+]c1cc(-c2ccccc2)c(-c2ccc(CN3CCC(c4nc5ccc(F)cc5[nH]4)CC3)cc2)nc1Cl. The van der Waals surface area contributed by atoms with Crippen LogP contribution in [0.4, 0.5) is 20.2 Å². The summed E-state index contributed by atoms with van der Waals surface area (Å²) in [7, 11) is 1.29. The molecule has 2 saturated heterocycles. The van der Waals surface area contributed by atoms with Gasteiger partial charge in [0, 0.05) is 41.6 Å². The van der Waals surface area contributed by atoms with Crippen LogP contribution in [-0.2, 0) is 17.8 Å². The van der Waals surface area contributed by atoms with Crippen molar-refractivity contribution in [3.63, 3.8) is 0 Å². The molecule has 404 valence electrons. The summed E-state index contributed by atoms with van der Waals surface area (Å²) in [4.78, 5) is 46.1. The predicted molar refractivity (Wildman–Crippen MR) is 314 cm³/mol. The van der Waals surface area contributed by atoms with Crippen molar-refractivity contribution >= 4 is 62.1 Å². The number of nitrogens with one attached hydrogen (secondary N) is 2. The summed E-state index contributed by atoms with van der Waals surface area (Å²) in [6.07, 6.45) is 4.00. The van der Waals surface area contributed by atoms with Crippen LogP contribution in [0.5, 0.6) is 0 Å². The van der Waals surface area contributed by atoms with Gasteiger partial charge in [-0.15, -0.1) is 0 Å². The van der Waals surface area contributed by atoms with E-state index in [1.165, 1.54) is 42.5 Å². The molecular weight excluding hydrogens is 1040 g/mol. The van der Waals surface area contributed by atoms with Gasteiger partial charge in [-0.25, -0.2) is 38.4 Å². The Balaban J connectivity index is 0.000000162. The first-order chi connectivity index (χ1) is 39.5. The van der Waals surface area contributed by atoms with Gasteiger partial charge in [-0.2, -0.15) is 0 Å². The van der Waals surface area contributed by atoms with E-state index in [0.717, 1.165) is 143 Å². The Hall–Kier alpha value is -9.07. The third-order valence-corrected chi connectivity index (χ3v) is 15.8. The maximum Gasteiger partial charge on any atom is 0.376 e. The van der Waals surface area contributed by atoms with E-state index in [4.69, 9.17) is 48.0 Å². The van der Waals surface area contributed by atoms with Crippen LogP contribution >= 0.6 is 11.6 Å². The Kier molecular flexibility index (Phi) is 14.9. The normalized spacial score (nSPS) is 14.5. The third kappa shape index (κ3) is 11.3. The molecule has 81 heavy (non-hydrogen) atoms. The van der Waals surface area contributed by atoms with E-state index in [2.05, 4.69) is 78.1 Å². The van der Waals surface area contributed by atoms with Crippen LogP contribution in [-0.4, -0.2) is 79.0 Å². The lowest BCUT2D eigenvalue weighted by Crippen LogP contribution is -2.32. The van der Waals surface area contributed by atoms with Crippen LogP contribution in [0.25, 0.3) is 82.8 Å². The number of nitrogens with zero attached hydrogens (tertiary/aromatic N) is 7. The van der Waals surface area contributed by atoms with E-state index < -0.39 is 5.97 Å². The largest absolute Gasteiger partial charge is 0.463 e. The zero-order valence-electron chi connectivity index (χ0n) is 44.3. The van der Waals surface area contributed by atoms with Crippen LogP contribution in [0.15, 0.2) is 162 Å². The van der Waals surface area contributed by atoms with Crippen molar-refractivity contribution in [2.75, 3.05) is 39.0 Å². The number of ether oxygens (including phenoxy) is 1. The number of hydrogen-bond acceptors (Lipinski definition) is 10. The lowest BCUT2D eigenvalue weighted by molar-refractivity contribution is 0.0569. The number of carbonyl (C=O) groups is 1. The Bertz CT molecular complexity index is 4110. The summed E-state index contributed by atoms with van der Waals surface area (Å²) in [6, 6.07) is 49.9. The lowest BCUT2D eigenvalue weighted by atomic mass is 9.95. The molecular formula is C65H55ClF2N10O3. The van der Waals surface area contributed by atoms with Crippen LogP contribution in [0.1, 0.15) is 70.8 Å². The Labute approximate surface area is 471 Å². The van der Waals surface area contributed by atoms with Crippen molar-refractivity contribution in [1.82, 2.24) is 39.7 Å². The fourth-order valence-corrected chi connectivity index (χ4v) is 11.3. The molecule has 4 N–H and O–H groups in total. The summed E-state index contributed by atoms with van der Waals surface area (Å²) in [5.74, 6) is 1.41. The maximum absolute atomic E-state index is 13.6. The number of methoxy groups -OCH3 is 1. The van der Waals surface area contributed by atoms with Gasteiger partial charge >= 0.3 is 5.97 Å². The molecule has 0 unspecified atom stereocenters. The number of imidazole rings is 2. The molecule has 0 spiro atoms. The number of furan rings is 1. The highest BCUT2D eigenvalue weighted by atomic mass is 35.5. The van der Waals surface area contributed by atoms with E-state index in [1.807, 2.05) is 72.8 Å². The van der Waals surface area contributed by atoms with Gasteiger partial charge < -0.3 is 24.9 Å². The highest BCUT2D eigenvalue weighted by Gasteiger charge is 2.27. The smallest absolute Gasteiger partial charge is 0.376 e. The number of H-pyrrole nitrogens is 2. The van der Waals surface area contributed by atoms with E-state index in [1.54, 1.807) is 12.1 Å². The summed E-state index contributed by atoms with van der Waals surface area (Å²) < 4.78 is 37.7. The maximum atomic E-state index is 13.6. The fraction of sp³-hybridized carbons (Fsp3) is 0.200. The molecule has 16 heteroatoms. The van der Waals surface area contributed by atoms with Crippen LogP contribution in [0.3, 0.4) is 0 Å². The molecule has 0 atom stereocenters. The number of nitrogens with two attached hydrogens (primary N) is 1. The number of benzene rings is 6. The minimum absolute atomic E-state index is 0.0468. The molecule has 2 aliphatic heterocycles. The van der Waals surface area contributed by atoms with Gasteiger partial charge in [-0.1, -0.05) is 121 Å². The highest BCUT2D eigenvalue weighted by molar-refractivity contribution is 6.32. The van der Waals surface area contributed by atoms with Crippen molar-refractivity contribution in [1.29, 1.82) is 0 Å². The highest BCUT2D eigenvalue weighted by Crippen LogP contribution is 2.40. The standard InChI is InChI=1S/C34H30FN5O3.C31H25ClFN5/c1-42-34(41)31-29(36)26-18-25(21-5-3-2-4-6-21)30(39-33(26)43-31)22-9-7-20(8-10-22)19-40-15-13-23(14-16-40)32-37-27-12-11-24(35)17-28(27)38-32;1-34-28-18-25(21-5-3-2-4-6-21)29(37-30(28)32)22-9-7-20(8-10-22)19-38-15-13-23(14-16-38)31-35-26-12-11-24(33)17-27(26)36-31/h2-12,17-18,23H,13-16,19,36H2,1H3,(H,37,38);2-12,17-18,23H,13-16,19H2,(H,35,36). The van der Waals surface area contributed by atoms with E-state index >= 15 is 0 Å². The number of hydrogen-bond donors (Lipinski definition) is 3. The van der Waals surface area contributed by atoms with Gasteiger partial charge in [-0.3, -0.25) is 9.80 Å². The fourth-order valence-electron chi connectivity index (χ4n) is 11.1. The molecule has 11 aromatic rings. The number of carbonyl (C=O) groups excluding carboxylic acids is 1. The van der Waals surface area contributed by atoms with Gasteiger partial charge in [0.2, 0.25) is 17.2 Å². The number of nitrogen functional groups attached to an aromatic ring is 1. The molecule has 0 bridgehead atoms. The Morgan fingerprint density at radius 1 is 0.642 bits per heavy atom. The predicted octanol–water partition coefficient (Wildman–Crippen LogP) is 14.9. The van der Waals surface area contributed by atoms with Crippen molar-refractivity contribution in [2.24, 2.45) is 0 Å². The molecule has 5 aromatic heterocycles. The van der Waals surface area contributed by atoms with Gasteiger partial charge in [-0.05, 0) is 128 Å². The number of esters is 1. The zero-order valence-corrected chi connectivity index (χ0v) is 45.1. The zero-order chi connectivity index (χ0) is 55.6. The number of anilines is 1. The molecule has 2 fully saturated rings. The average Bonchev–Trinajstić information content (AvgIpc) is 4.35. The first kappa shape index (κ1) is 52.6. The van der Waals surface area contributed by atoms with Crippen molar-refractivity contribution in [3.05, 3.63) is 214 Å². The average molecular weight is 1100 g/mol. The summed E-state index contributed by atoms with van der Waals surface area (Å²) in [5, 5.41) is 0.786. The number of halogens is 3. The number of aromatic nitrogens is 6. The van der Waals surface area contributed by atoms with Gasteiger partial charge in [0.1, 0.15) is 28.4 Å². The molecule has 0 saturated carbocycles. The quantitative estimate of drug-likeness (QED) is 0.0646. The monoisotopic (exact) mass is 1100 g/mol. The number of likely N-dealkylation sites (tertiary alicyclic amines) is 2. The minimum atomic E-state index is -0.639. The number of fused-ring (bicyclic) bond motifs is 3. The van der Waals surface area contributed by atoms with Crippen molar-refractivity contribution < 1.29 is 22.7 Å². The summed E-state index contributed by atoms with van der Waals surface area (Å²) >= 11 is 6.33. The number of aromatic amines is 2. The number of piperidine rings is 2. The molecule has 0 radical (unpaired) electrons. The summed E-state index contributed by atoms with van der Waals surface area (Å²) in [5.41, 5.74) is 19.9. The van der Waals surface area contributed by atoms with E-state index in [-0.39, 0.29) is 33.9 Å². The molecule has 0 aliphatic carbocycles. The van der Waals surface area contributed by atoms with Crippen molar-refractivity contribution in [3.8, 4) is 44.8 Å². The molecule has 0 amide bonds. The van der Waals surface area contributed by atoms with Crippen LogP contribution < -0.4 is 5.73 Å². The molecule has 7 heterocycles. The third-order valence-electron chi connectivity index (χ3n) is 15.5. The topological polar surface area (TPSA) is 159 Å². The Morgan fingerprint density at radius 3 is 1.58 bits per heavy atom. The first-order valence-corrected chi connectivity index (χ1v) is 27.4. The van der Waals surface area contributed by atoms with E-state index in [0.29, 0.717) is 22.9 Å². The van der Waals surface area contributed by atoms with Crippen molar-refractivity contribution in [2.45, 2.75) is 50.6 Å².